The minimum absolute atomic E-state index is 0.673. The Morgan fingerprint density at radius 1 is 1.00 bits per heavy atom. The fraction of sp³-hybridized carbons (Fsp3) is 1.00. The lowest BCUT2D eigenvalue weighted by Gasteiger charge is -2.66. The second-order valence-electron chi connectivity index (χ2n) is 6.16. The summed E-state index contributed by atoms with van der Waals surface area (Å²) in [6.07, 6.45) is 1.50. The molecule has 1 unspecified atom stereocenters. The van der Waals surface area contributed by atoms with Gasteiger partial charge in [0.25, 0.3) is 0 Å². The standard InChI is InChI=1S/C13H25N/c1-9(2)13(10(3)4)11-6-12(13)8-14(5)7-11/h9-12H,6-8H2,1-5H3/t11-,12?/m1/s1. The van der Waals surface area contributed by atoms with Crippen LogP contribution in [0.25, 0.3) is 0 Å². The molecule has 3 fully saturated rings. The van der Waals surface area contributed by atoms with Crippen LogP contribution in [0, 0.1) is 29.1 Å². The molecule has 2 atom stereocenters. The van der Waals surface area contributed by atoms with E-state index in [9.17, 15) is 0 Å². The van der Waals surface area contributed by atoms with Gasteiger partial charge in [0.05, 0.1) is 0 Å². The molecular weight excluding hydrogens is 170 g/mol. The number of rotatable bonds is 2. The molecule has 82 valence electrons. The molecule has 1 heteroatoms. The van der Waals surface area contributed by atoms with Crippen LogP contribution in [-0.4, -0.2) is 25.0 Å². The van der Waals surface area contributed by atoms with Crippen LogP contribution in [-0.2, 0) is 0 Å². The third-order valence-corrected chi connectivity index (χ3v) is 5.05. The summed E-state index contributed by atoms with van der Waals surface area (Å²) in [5.74, 6) is 3.68. The Bertz CT molecular complexity index is 197. The maximum absolute atomic E-state index is 2.53. The summed E-state index contributed by atoms with van der Waals surface area (Å²) in [7, 11) is 2.28. The fourth-order valence-electron chi connectivity index (χ4n) is 4.77. The van der Waals surface area contributed by atoms with Gasteiger partial charge in [-0.15, -0.1) is 0 Å². The molecule has 0 N–H and O–H groups in total. The fourth-order valence-corrected chi connectivity index (χ4v) is 4.77. The first-order valence-electron chi connectivity index (χ1n) is 6.18. The molecule has 0 spiro atoms. The van der Waals surface area contributed by atoms with E-state index in [0.29, 0.717) is 5.41 Å². The van der Waals surface area contributed by atoms with Crippen molar-refractivity contribution in [1.29, 1.82) is 0 Å². The highest BCUT2D eigenvalue weighted by molar-refractivity contribution is 5.09. The van der Waals surface area contributed by atoms with E-state index in [0.717, 1.165) is 23.7 Å². The smallest absolute Gasteiger partial charge is 0.00125 e. The molecule has 1 saturated carbocycles. The van der Waals surface area contributed by atoms with Crippen LogP contribution in [0.4, 0.5) is 0 Å². The molecule has 2 bridgehead atoms. The van der Waals surface area contributed by atoms with Gasteiger partial charge in [-0.3, -0.25) is 0 Å². The highest BCUT2D eigenvalue weighted by atomic mass is 15.1. The Morgan fingerprint density at radius 2 is 1.43 bits per heavy atom. The van der Waals surface area contributed by atoms with Crippen molar-refractivity contribution in [3.05, 3.63) is 0 Å². The topological polar surface area (TPSA) is 3.24 Å². The normalized spacial score (nSPS) is 36.2. The Morgan fingerprint density at radius 3 is 1.79 bits per heavy atom. The first kappa shape index (κ1) is 10.5. The second-order valence-corrected chi connectivity index (χ2v) is 6.16. The Hall–Kier alpha value is -0.0400. The second kappa shape index (κ2) is 3.23. The van der Waals surface area contributed by atoms with E-state index in [1.165, 1.54) is 19.5 Å². The Labute approximate surface area is 88.9 Å². The van der Waals surface area contributed by atoms with Crippen molar-refractivity contribution in [2.75, 3.05) is 20.1 Å². The Balaban J connectivity index is 2.23. The minimum atomic E-state index is 0.673. The van der Waals surface area contributed by atoms with Crippen molar-refractivity contribution < 1.29 is 0 Å². The van der Waals surface area contributed by atoms with Crippen LogP contribution < -0.4 is 0 Å². The van der Waals surface area contributed by atoms with Gasteiger partial charge in [-0.05, 0) is 42.6 Å². The van der Waals surface area contributed by atoms with Crippen LogP contribution in [0.5, 0.6) is 0 Å². The molecule has 0 amide bonds. The summed E-state index contributed by atoms with van der Waals surface area (Å²) in [6, 6.07) is 0. The predicted octanol–water partition coefficient (Wildman–Crippen LogP) is 2.87. The molecule has 0 aromatic rings. The molecule has 2 heterocycles. The molecule has 0 aromatic heterocycles. The lowest BCUT2D eigenvalue weighted by Crippen LogP contribution is -2.65. The van der Waals surface area contributed by atoms with Gasteiger partial charge in [0.15, 0.2) is 0 Å². The first-order valence-corrected chi connectivity index (χ1v) is 6.18. The van der Waals surface area contributed by atoms with Gasteiger partial charge in [0.2, 0.25) is 0 Å². The van der Waals surface area contributed by atoms with Crippen LogP contribution in [0.2, 0.25) is 0 Å². The van der Waals surface area contributed by atoms with Gasteiger partial charge >= 0.3 is 0 Å². The number of piperidine rings is 2. The molecule has 1 nitrogen and oxygen atoms in total. The van der Waals surface area contributed by atoms with Crippen molar-refractivity contribution in [3.8, 4) is 0 Å². The van der Waals surface area contributed by atoms with Gasteiger partial charge < -0.3 is 4.90 Å². The third kappa shape index (κ3) is 1.11. The monoisotopic (exact) mass is 195 g/mol. The van der Waals surface area contributed by atoms with Crippen molar-refractivity contribution in [1.82, 2.24) is 4.90 Å². The average Bonchev–Trinajstić information content (AvgIpc) is 2.01. The Kier molecular flexibility index (Phi) is 2.42. The van der Waals surface area contributed by atoms with Gasteiger partial charge in [-0.2, -0.15) is 0 Å². The maximum atomic E-state index is 2.53. The molecule has 14 heavy (non-hydrogen) atoms. The van der Waals surface area contributed by atoms with E-state index in [1.807, 2.05) is 0 Å². The number of fused-ring (bicyclic) bond motifs is 2. The van der Waals surface area contributed by atoms with Crippen molar-refractivity contribution in [2.45, 2.75) is 34.1 Å². The minimum Gasteiger partial charge on any atom is -0.306 e. The third-order valence-electron chi connectivity index (χ3n) is 5.05. The lowest BCUT2D eigenvalue weighted by molar-refractivity contribution is -0.179. The van der Waals surface area contributed by atoms with Gasteiger partial charge in [-0.1, -0.05) is 27.7 Å². The zero-order chi connectivity index (χ0) is 10.5. The van der Waals surface area contributed by atoms with Gasteiger partial charge in [0, 0.05) is 13.1 Å². The van der Waals surface area contributed by atoms with E-state index in [4.69, 9.17) is 0 Å². The van der Waals surface area contributed by atoms with Gasteiger partial charge in [-0.25, -0.2) is 0 Å². The molecule has 3 aliphatic rings. The van der Waals surface area contributed by atoms with E-state index < -0.39 is 0 Å². The van der Waals surface area contributed by atoms with Crippen molar-refractivity contribution >= 4 is 0 Å². The lowest BCUT2D eigenvalue weighted by atomic mass is 9.42. The van der Waals surface area contributed by atoms with Crippen LogP contribution in [0.3, 0.4) is 0 Å². The SMILES string of the molecule is CC(C)C1(C(C)C)C2C[C@@H]1CN(C)C2. The summed E-state index contributed by atoms with van der Waals surface area (Å²) < 4.78 is 0. The molecule has 0 aromatic carbocycles. The summed E-state index contributed by atoms with van der Waals surface area (Å²) in [5.41, 5.74) is 0.673. The van der Waals surface area contributed by atoms with Crippen molar-refractivity contribution in [2.24, 2.45) is 29.1 Å². The van der Waals surface area contributed by atoms with E-state index in [2.05, 4.69) is 39.6 Å². The average molecular weight is 195 g/mol. The summed E-state index contributed by atoms with van der Waals surface area (Å²) in [6.45, 7) is 12.4. The van der Waals surface area contributed by atoms with Gasteiger partial charge in [0.1, 0.15) is 0 Å². The van der Waals surface area contributed by atoms with E-state index in [1.54, 1.807) is 0 Å². The number of nitrogens with zero attached hydrogens (tertiary/aromatic N) is 1. The molecule has 3 rings (SSSR count). The number of hydrogen-bond donors (Lipinski definition) is 0. The van der Waals surface area contributed by atoms with Crippen LogP contribution in [0.1, 0.15) is 34.1 Å². The highest BCUT2D eigenvalue weighted by Gasteiger charge is 2.60. The molecule has 1 aliphatic carbocycles. The van der Waals surface area contributed by atoms with Crippen LogP contribution in [0.15, 0.2) is 0 Å². The van der Waals surface area contributed by atoms with E-state index >= 15 is 0 Å². The molecule has 2 aliphatic heterocycles. The highest BCUT2D eigenvalue weighted by Crippen LogP contribution is 2.63. The zero-order valence-electron chi connectivity index (χ0n) is 10.4. The summed E-state index contributed by atoms with van der Waals surface area (Å²) >= 11 is 0. The molecular formula is C13H25N. The molecule has 2 saturated heterocycles. The largest absolute Gasteiger partial charge is 0.306 e. The first-order chi connectivity index (χ1) is 6.49. The predicted molar refractivity (Wildman–Crippen MR) is 61.2 cm³/mol. The zero-order valence-corrected chi connectivity index (χ0v) is 10.4. The van der Waals surface area contributed by atoms with Crippen LogP contribution >= 0.6 is 0 Å². The van der Waals surface area contributed by atoms with Crippen molar-refractivity contribution in [3.63, 3.8) is 0 Å². The summed E-state index contributed by atoms with van der Waals surface area (Å²) in [5, 5.41) is 0. The van der Waals surface area contributed by atoms with E-state index in [-0.39, 0.29) is 0 Å². The summed E-state index contributed by atoms with van der Waals surface area (Å²) in [4.78, 5) is 2.53. The maximum Gasteiger partial charge on any atom is 0.00125 e. The number of hydrogen-bond acceptors (Lipinski definition) is 1. The quantitative estimate of drug-likeness (QED) is 0.655. The molecule has 0 radical (unpaired) electrons.